The van der Waals surface area contributed by atoms with Crippen LogP contribution in [0.2, 0.25) is 0 Å². The van der Waals surface area contributed by atoms with E-state index < -0.39 is 11.9 Å². The third-order valence-corrected chi connectivity index (χ3v) is 6.77. The van der Waals surface area contributed by atoms with E-state index in [0.29, 0.717) is 13.0 Å². The molecule has 206 valence electrons. The van der Waals surface area contributed by atoms with Crippen LogP contribution in [0.15, 0.2) is 12.2 Å². The Hall–Kier alpha value is -1.32. The summed E-state index contributed by atoms with van der Waals surface area (Å²) >= 11 is 0. The number of ether oxygens (including phenoxy) is 1. The molecule has 0 aromatic rings. The molecule has 0 rings (SSSR count). The van der Waals surface area contributed by atoms with Gasteiger partial charge in [-0.25, -0.2) is 0 Å². The molecule has 0 aromatic carbocycles. The number of unbranched alkanes of at least 4 members (excludes halogenated alkanes) is 18. The van der Waals surface area contributed by atoms with Crippen molar-refractivity contribution in [2.75, 3.05) is 6.61 Å². The number of esters is 1. The normalized spacial score (nSPS) is 12.3. The standard InChI is InChI=1S/C31H58O4/c1-3-5-6-7-8-9-10-11-12-13-14-15-16-17-18-19-20-21-22-23-24-25-26-29(28-30(32)33)31(34)35-27-4-2/h10-11,29H,3-9,12-28H2,1-2H3,(H,32,33)/b11-10+. The van der Waals surface area contributed by atoms with E-state index in [-0.39, 0.29) is 12.4 Å². The largest absolute Gasteiger partial charge is 0.481 e. The Kier molecular flexibility index (Phi) is 26.2. The first-order valence-corrected chi connectivity index (χ1v) is 15.1. The van der Waals surface area contributed by atoms with Crippen LogP contribution in [0.4, 0.5) is 0 Å². The zero-order valence-corrected chi connectivity index (χ0v) is 23.4. The molecular formula is C31H58O4. The highest BCUT2D eigenvalue weighted by molar-refractivity contribution is 5.79. The van der Waals surface area contributed by atoms with E-state index in [4.69, 9.17) is 9.84 Å². The molecule has 0 aliphatic carbocycles. The Bertz CT molecular complexity index is 500. The molecule has 0 heterocycles. The molecule has 0 radical (unpaired) electrons. The minimum atomic E-state index is -0.917. The van der Waals surface area contributed by atoms with Gasteiger partial charge in [0, 0.05) is 0 Å². The van der Waals surface area contributed by atoms with Gasteiger partial charge in [0.1, 0.15) is 0 Å². The SMILES string of the molecule is CCCCCCC/C=C/CCCCCCCCCCCCCCCC(CC(=O)O)C(=O)OCCC. The third-order valence-electron chi connectivity index (χ3n) is 6.77. The van der Waals surface area contributed by atoms with Crippen LogP contribution >= 0.6 is 0 Å². The number of carboxylic acids is 1. The summed E-state index contributed by atoms with van der Waals surface area (Å²) in [5, 5.41) is 9.03. The summed E-state index contributed by atoms with van der Waals surface area (Å²) in [5.41, 5.74) is 0. The first-order chi connectivity index (χ1) is 17.1. The molecule has 4 nitrogen and oxygen atoms in total. The second kappa shape index (κ2) is 27.3. The Morgan fingerprint density at radius 2 is 1.06 bits per heavy atom. The van der Waals surface area contributed by atoms with E-state index in [2.05, 4.69) is 19.1 Å². The van der Waals surface area contributed by atoms with Crippen molar-refractivity contribution in [2.45, 2.75) is 162 Å². The highest BCUT2D eigenvalue weighted by Gasteiger charge is 2.22. The summed E-state index contributed by atoms with van der Waals surface area (Å²) < 4.78 is 5.15. The molecule has 1 N–H and O–H groups in total. The molecule has 1 atom stereocenters. The van der Waals surface area contributed by atoms with Gasteiger partial charge in [0.25, 0.3) is 0 Å². The number of allylic oxidation sites excluding steroid dienone is 2. The predicted molar refractivity (Wildman–Crippen MR) is 149 cm³/mol. The molecule has 35 heavy (non-hydrogen) atoms. The number of hydrogen-bond acceptors (Lipinski definition) is 3. The average molecular weight is 495 g/mol. The number of carbonyl (C=O) groups excluding carboxylic acids is 1. The second-order valence-corrected chi connectivity index (χ2v) is 10.3. The lowest BCUT2D eigenvalue weighted by molar-refractivity contribution is -0.153. The fraction of sp³-hybridized carbons (Fsp3) is 0.871. The van der Waals surface area contributed by atoms with Crippen LogP contribution in [0.3, 0.4) is 0 Å². The monoisotopic (exact) mass is 494 g/mol. The minimum Gasteiger partial charge on any atom is -0.481 e. The molecule has 0 spiro atoms. The molecule has 0 bridgehead atoms. The summed E-state index contributed by atoms with van der Waals surface area (Å²) in [4.78, 5) is 23.0. The summed E-state index contributed by atoms with van der Waals surface area (Å²) in [7, 11) is 0. The first-order valence-electron chi connectivity index (χ1n) is 15.1. The van der Waals surface area contributed by atoms with Gasteiger partial charge in [0.05, 0.1) is 18.9 Å². The topological polar surface area (TPSA) is 63.6 Å². The fourth-order valence-electron chi connectivity index (χ4n) is 4.53. The van der Waals surface area contributed by atoms with Crippen LogP contribution in [-0.2, 0) is 14.3 Å². The molecule has 0 amide bonds. The van der Waals surface area contributed by atoms with Crippen LogP contribution < -0.4 is 0 Å². The van der Waals surface area contributed by atoms with Crippen molar-refractivity contribution in [3.05, 3.63) is 12.2 Å². The Morgan fingerprint density at radius 1 is 0.629 bits per heavy atom. The van der Waals surface area contributed by atoms with E-state index in [1.807, 2.05) is 6.92 Å². The molecule has 0 aliphatic rings. The lowest BCUT2D eigenvalue weighted by Gasteiger charge is -2.13. The highest BCUT2D eigenvalue weighted by atomic mass is 16.5. The van der Waals surface area contributed by atoms with Crippen LogP contribution in [0.1, 0.15) is 162 Å². The van der Waals surface area contributed by atoms with Crippen molar-refractivity contribution >= 4 is 11.9 Å². The van der Waals surface area contributed by atoms with Gasteiger partial charge < -0.3 is 9.84 Å². The maximum absolute atomic E-state index is 12.0. The van der Waals surface area contributed by atoms with Crippen molar-refractivity contribution in [1.29, 1.82) is 0 Å². The number of aliphatic carboxylic acids is 1. The number of carbonyl (C=O) groups is 2. The van der Waals surface area contributed by atoms with Crippen molar-refractivity contribution < 1.29 is 19.4 Å². The number of hydrogen-bond donors (Lipinski definition) is 1. The van der Waals surface area contributed by atoms with Gasteiger partial charge in [-0.15, -0.1) is 0 Å². The van der Waals surface area contributed by atoms with Crippen molar-refractivity contribution in [1.82, 2.24) is 0 Å². The molecule has 0 fully saturated rings. The smallest absolute Gasteiger partial charge is 0.309 e. The Balaban J connectivity index is 3.40. The van der Waals surface area contributed by atoms with Crippen LogP contribution in [0.5, 0.6) is 0 Å². The Morgan fingerprint density at radius 3 is 1.49 bits per heavy atom. The maximum Gasteiger partial charge on any atom is 0.309 e. The van der Waals surface area contributed by atoms with Crippen LogP contribution in [-0.4, -0.2) is 23.7 Å². The van der Waals surface area contributed by atoms with Gasteiger partial charge in [0.15, 0.2) is 0 Å². The summed E-state index contributed by atoms with van der Waals surface area (Å²) in [6.07, 6.45) is 32.1. The van der Waals surface area contributed by atoms with Gasteiger partial charge in [-0.1, -0.05) is 129 Å². The van der Waals surface area contributed by atoms with Gasteiger partial charge in [0.2, 0.25) is 0 Å². The van der Waals surface area contributed by atoms with Crippen LogP contribution in [0, 0.1) is 5.92 Å². The molecule has 0 saturated carbocycles. The van der Waals surface area contributed by atoms with Crippen LogP contribution in [0.25, 0.3) is 0 Å². The Labute approximate surface area is 217 Å². The van der Waals surface area contributed by atoms with E-state index >= 15 is 0 Å². The highest BCUT2D eigenvalue weighted by Crippen LogP contribution is 2.18. The summed E-state index contributed by atoms with van der Waals surface area (Å²) in [6, 6.07) is 0. The van der Waals surface area contributed by atoms with Gasteiger partial charge in [-0.3, -0.25) is 9.59 Å². The first kappa shape index (κ1) is 33.7. The summed E-state index contributed by atoms with van der Waals surface area (Å²) in [5.74, 6) is -1.74. The lowest BCUT2D eigenvalue weighted by atomic mass is 9.97. The third kappa shape index (κ3) is 25.6. The second-order valence-electron chi connectivity index (χ2n) is 10.3. The minimum absolute atomic E-state index is 0.112. The molecular weight excluding hydrogens is 436 g/mol. The van der Waals surface area contributed by atoms with Gasteiger partial charge >= 0.3 is 11.9 Å². The van der Waals surface area contributed by atoms with Crippen molar-refractivity contribution in [3.63, 3.8) is 0 Å². The van der Waals surface area contributed by atoms with Crippen molar-refractivity contribution in [2.24, 2.45) is 5.92 Å². The molecule has 0 aliphatic heterocycles. The average Bonchev–Trinajstić information content (AvgIpc) is 2.84. The van der Waals surface area contributed by atoms with Gasteiger partial charge in [-0.2, -0.15) is 0 Å². The molecule has 1 unspecified atom stereocenters. The van der Waals surface area contributed by atoms with E-state index in [0.717, 1.165) is 19.3 Å². The van der Waals surface area contributed by atoms with E-state index in [9.17, 15) is 9.59 Å². The van der Waals surface area contributed by atoms with Gasteiger partial charge in [-0.05, 0) is 38.5 Å². The zero-order valence-electron chi connectivity index (χ0n) is 23.4. The fourth-order valence-corrected chi connectivity index (χ4v) is 4.53. The lowest BCUT2D eigenvalue weighted by Crippen LogP contribution is -2.21. The number of carboxylic acid groups (broad SMARTS) is 1. The predicted octanol–water partition coefficient (Wildman–Crippen LogP) is 9.80. The van der Waals surface area contributed by atoms with E-state index in [1.165, 1.54) is 116 Å². The zero-order chi connectivity index (χ0) is 25.8. The van der Waals surface area contributed by atoms with E-state index in [1.54, 1.807) is 0 Å². The molecule has 0 saturated heterocycles. The summed E-state index contributed by atoms with van der Waals surface area (Å²) in [6.45, 7) is 4.59. The molecule has 0 aromatic heterocycles. The van der Waals surface area contributed by atoms with Crippen molar-refractivity contribution in [3.8, 4) is 0 Å². The maximum atomic E-state index is 12.0. The quantitative estimate of drug-likeness (QED) is 0.0701. The molecule has 4 heteroatoms. The number of rotatable bonds is 27.